The van der Waals surface area contributed by atoms with E-state index in [-0.39, 0.29) is 5.56 Å². The first-order valence-electron chi connectivity index (χ1n) is 8.81. The van der Waals surface area contributed by atoms with Crippen molar-refractivity contribution in [3.8, 4) is 10.4 Å². The van der Waals surface area contributed by atoms with Gasteiger partial charge in [-0.3, -0.25) is 4.79 Å². The summed E-state index contributed by atoms with van der Waals surface area (Å²) in [6, 6.07) is 12.5. The van der Waals surface area contributed by atoms with E-state index >= 15 is 0 Å². The molecule has 136 valence electrons. The molecule has 3 aromatic heterocycles. The highest BCUT2D eigenvalue weighted by Gasteiger charge is 2.28. The number of aromatic nitrogens is 5. The minimum absolute atomic E-state index is 0.0890. The number of H-pyrrole nitrogens is 1. The zero-order chi connectivity index (χ0) is 18.4. The van der Waals surface area contributed by atoms with E-state index in [1.165, 1.54) is 12.8 Å². The Balaban J connectivity index is 1.43. The molecule has 0 atom stereocenters. The normalized spacial score (nSPS) is 14.1. The fourth-order valence-corrected chi connectivity index (χ4v) is 5.10. The summed E-state index contributed by atoms with van der Waals surface area (Å²) >= 11 is 3.12. The van der Waals surface area contributed by atoms with Crippen molar-refractivity contribution < 1.29 is 0 Å². The molecule has 1 aliphatic rings. The molecule has 8 heteroatoms. The summed E-state index contributed by atoms with van der Waals surface area (Å²) in [5.74, 6) is 2.18. The van der Waals surface area contributed by atoms with Gasteiger partial charge in [-0.1, -0.05) is 42.1 Å². The molecular formula is C19H17N5OS2. The second-order valence-electron chi connectivity index (χ2n) is 6.63. The van der Waals surface area contributed by atoms with Crippen LogP contribution in [0.5, 0.6) is 0 Å². The fraction of sp³-hybridized carbons (Fsp3) is 0.263. The van der Waals surface area contributed by atoms with Crippen molar-refractivity contribution in [3.63, 3.8) is 0 Å². The van der Waals surface area contributed by atoms with Crippen LogP contribution in [0.4, 0.5) is 0 Å². The van der Waals surface area contributed by atoms with Crippen LogP contribution in [0.25, 0.3) is 20.7 Å². The molecule has 1 fully saturated rings. The van der Waals surface area contributed by atoms with Gasteiger partial charge < -0.3 is 9.55 Å². The molecule has 0 saturated heterocycles. The van der Waals surface area contributed by atoms with Crippen LogP contribution in [0.2, 0.25) is 0 Å². The molecule has 0 unspecified atom stereocenters. The van der Waals surface area contributed by atoms with Gasteiger partial charge in [0.1, 0.15) is 16.5 Å². The number of rotatable bonds is 5. The number of nitrogens with zero attached hydrogens (tertiary/aromatic N) is 4. The van der Waals surface area contributed by atoms with Gasteiger partial charge in [-0.25, -0.2) is 4.98 Å². The van der Waals surface area contributed by atoms with Crippen LogP contribution in [-0.4, -0.2) is 24.7 Å². The third-order valence-corrected chi connectivity index (χ3v) is 6.63. The van der Waals surface area contributed by atoms with Crippen molar-refractivity contribution in [1.82, 2.24) is 24.7 Å². The standard InChI is InChI=1S/C19H17N5OS2/c1-11-22-23-19(24(11)13-7-8-13)26-10-16-20-17(25)14-9-15(27-18(14)21-16)12-5-3-2-4-6-12/h2-6,9,13H,7-8,10H2,1H3,(H,20,21,25). The maximum Gasteiger partial charge on any atom is 0.259 e. The van der Waals surface area contributed by atoms with E-state index in [0.29, 0.717) is 23.0 Å². The second kappa shape index (κ2) is 6.61. The van der Waals surface area contributed by atoms with Gasteiger partial charge in [0.2, 0.25) is 0 Å². The lowest BCUT2D eigenvalue weighted by atomic mass is 10.2. The molecule has 3 heterocycles. The largest absolute Gasteiger partial charge is 0.309 e. The average Bonchev–Trinajstić information content (AvgIpc) is 3.30. The van der Waals surface area contributed by atoms with Crippen molar-refractivity contribution in [3.05, 3.63) is 58.4 Å². The Morgan fingerprint density at radius 3 is 2.85 bits per heavy atom. The van der Waals surface area contributed by atoms with Gasteiger partial charge in [-0.2, -0.15) is 0 Å². The molecule has 1 aromatic carbocycles. The number of thiophene rings is 1. The maximum absolute atomic E-state index is 12.5. The van der Waals surface area contributed by atoms with Gasteiger partial charge in [0.15, 0.2) is 5.16 Å². The highest BCUT2D eigenvalue weighted by atomic mass is 32.2. The molecule has 1 aliphatic carbocycles. The van der Waals surface area contributed by atoms with Crippen LogP contribution in [-0.2, 0) is 5.75 Å². The van der Waals surface area contributed by atoms with Gasteiger partial charge in [0.25, 0.3) is 5.56 Å². The van der Waals surface area contributed by atoms with Gasteiger partial charge in [0, 0.05) is 10.9 Å². The number of nitrogens with one attached hydrogen (secondary N) is 1. The van der Waals surface area contributed by atoms with Crippen LogP contribution in [0.3, 0.4) is 0 Å². The molecule has 0 aliphatic heterocycles. The number of hydrogen-bond acceptors (Lipinski definition) is 6. The first kappa shape index (κ1) is 16.7. The Kier molecular flexibility index (Phi) is 4.09. The number of fused-ring (bicyclic) bond motifs is 1. The molecule has 27 heavy (non-hydrogen) atoms. The first-order chi connectivity index (χ1) is 13.2. The van der Waals surface area contributed by atoms with Crippen molar-refractivity contribution in [2.24, 2.45) is 0 Å². The minimum Gasteiger partial charge on any atom is -0.309 e. The molecule has 0 radical (unpaired) electrons. The molecule has 5 rings (SSSR count). The number of aryl methyl sites for hydroxylation is 1. The van der Waals surface area contributed by atoms with Crippen molar-refractivity contribution >= 4 is 33.3 Å². The summed E-state index contributed by atoms with van der Waals surface area (Å²) in [4.78, 5) is 21.9. The summed E-state index contributed by atoms with van der Waals surface area (Å²) in [6.07, 6.45) is 2.37. The average molecular weight is 396 g/mol. The van der Waals surface area contributed by atoms with E-state index < -0.39 is 0 Å². The Hall–Kier alpha value is -2.45. The number of thioether (sulfide) groups is 1. The smallest absolute Gasteiger partial charge is 0.259 e. The van der Waals surface area contributed by atoms with Crippen LogP contribution in [0, 0.1) is 6.92 Å². The van der Waals surface area contributed by atoms with Crippen LogP contribution < -0.4 is 5.56 Å². The van der Waals surface area contributed by atoms with Crippen LogP contribution in [0.1, 0.15) is 30.5 Å². The SMILES string of the molecule is Cc1nnc(SCc2nc3sc(-c4ccccc4)cc3c(=O)[nH]2)n1C1CC1. The summed E-state index contributed by atoms with van der Waals surface area (Å²) in [6.45, 7) is 1.98. The summed E-state index contributed by atoms with van der Waals surface area (Å²) in [5.41, 5.74) is 1.01. The lowest BCUT2D eigenvalue weighted by Crippen LogP contribution is -2.10. The predicted molar refractivity (Wildman–Crippen MR) is 108 cm³/mol. The summed E-state index contributed by atoms with van der Waals surface area (Å²) < 4.78 is 2.19. The third-order valence-electron chi connectivity index (χ3n) is 4.59. The zero-order valence-electron chi connectivity index (χ0n) is 14.7. The Bertz CT molecular complexity index is 1170. The molecule has 6 nitrogen and oxygen atoms in total. The zero-order valence-corrected chi connectivity index (χ0v) is 16.3. The Labute approximate surface area is 163 Å². The highest BCUT2D eigenvalue weighted by Crippen LogP contribution is 2.39. The van der Waals surface area contributed by atoms with E-state index in [0.717, 1.165) is 26.3 Å². The first-order valence-corrected chi connectivity index (χ1v) is 10.6. The Morgan fingerprint density at radius 2 is 2.07 bits per heavy atom. The molecule has 0 bridgehead atoms. The number of aromatic amines is 1. The lowest BCUT2D eigenvalue weighted by Gasteiger charge is -2.05. The van der Waals surface area contributed by atoms with Crippen molar-refractivity contribution in [1.29, 1.82) is 0 Å². The molecule has 0 amide bonds. The molecule has 4 aromatic rings. The van der Waals surface area contributed by atoms with Gasteiger partial charge in [-0.15, -0.1) is 21.5 Å². The number of benzene rings is 1. The highest BCUT2D eigenvalue weighted by molar-refractivity contribution is 7.98. The summed E-state index contributed by atoms with van der Waals surface area (Å²) in [7, 11) is 0. The topological polar surface area (TPSA) is 76.5 Å². The van der Waals surface area contributed by atoms with Crippen LogP contribution >= 0.6 is 23.1 Å². The quantitative estimate of drug-likeness (QED) is 0.513. The Morgan fingerprint density at radius 1 is 1.26 bits per heavy atom. The van der Waals surface area contributed by atoms with Gasteiger partial charge in [0.05, 0.1) is 11.1 Å². The molecular weight excluding hydrogens is 378 g/mol. The second-order valence-corrected chi connectivity index (χ2v) is 8.60. The monoisotopic (exact) mass is 395 g/mol. The fourth-order valence-electron chi connectivity index (χ4n) is 3.12. The minimum atomic E-state index is -0.0890. The predicted octanol–water partition coefficient (Wildman–Crippen LogP) is 4.18. The van der Waals surface area contributed by atoms with E-state index in [1.807, 2.05) is 43.3 Å². The van der Waals surface area contributed by atoms with E-state index in [4.69, 9.17) is 0 Å². The third kappa shape index (κ3) is 3.19. The summed E-state index contributed by atoms with van der Waals surface area (Å²) in [5, 5.41) is 10.0. The van der Waals surface area contributed by atoms with Gasteiger partial charge >= 0.3 is 0 Å². The maximum atomic E-state index is 12.5. The van der Waals surface area contributed by atoms with Gasteiger partial charge in [-0.05, 0) is 31.4 Å². The van der Waals surface area contributed by atoms with E-state index in [2.05, 4.69) is 24.7 Å². The van der Waals surface area contributed by atoms with E-state index in [9.17, 15) is 4.79 Å². The van der Waals surface area contributed by atoms with Crippen LogP contribution in [0.15, 0.2) is 46.3 Å². The molecule has 1 N–H and O–H groups in total. The molecule has 0 spiro atoms. The molecule has 1 saturated carbocycles. The number of hydrogen-bond donors (Lipinski definition) is 1. The van der Waals surface area contributed by atoms with Crippen molar-refractivity contribution in [2.75, 3.05) is 0 Å². The lowest BCUT2D eigenvalue weighted by molar-refractivity contribution is 0.644. The van der Waals surface area contributed by atoms with Crippen molar-refractivity contribution in [2.45, 2.75) is 36.7 Å². The van der Waals surface area contributed by atoms with E-state index in [1.54, 1.807) is 23.1 Å².